The molecule has 0 amide bonds. The van der Waals surface area contributed by atoms with Crippen LogP contribution in [-0.2, 0) is 23.1 Å². The van der Waals surface area contributed by atoms with Crippen molar-refractivity contribution in [1.82, 2.24) is 19.6 Å². The molecule has 10 heteroatoms. The summed E-state index contributed by atoms with van der Waals surface area (Å²) in [6.07, 6.45) is -2.08. The minimum Gasteiger partial charge on any atom is -0.378 e. The van der Waals surface area contributed by atoms with Gasteiger partial charge in [-0.05, 0) is 30.5 Å². The number of alkyl halides is 3. The van der Waals surface area contributed by atoms with Crippen molar-refractivity contribution in [3.05, 3.63) is 53.2 Å². The minimum absolute atomic E-state index is 0.264. The number of benzene rings is 1. The van der Waals surface area contributed by atoms with Gasteiger partial charge in [0.05, 0.1) is 23.4 Å². The molecule has 1 aliphatic carbocycles. The number of hydrogen-bond acceptors (Lipinski definition) is 5. The SMILES string of the molecule is COCc1cc(NC2(c3ccc(C(F)(F)F)c(F)c3)CC2)n2ncnc2n1. The summed E-state index contributed by atoms with van der Waals surface area (Å²) in [7, 11) is 1.54. The van der Waals surface area contributed by atoms with Gasteiger partial charge in [0.1, 0.15) is 18.0 Å². The molecule has 4 rings (SSSR count). The molecule has 3 aromatic rings. The molecule has 6 nitrogen and oxygen atoms in total. The van der Waals surface area contributed by atoms with Crippen molar-refractivity contribution in [1.29, 1.82) is 0 Å². The molecular formula is C17H15F4N5O. The van der Waals surface area contributed by atoms with Gasteiger partial charge in [-0.1, -0.05) is 6.07 Å². The van der Waals surface area contributed by atoms with E-state index in [-0.39, 0.29) is 6.61 Å². The molecule has 0 spiro atoms. The molecule has 1 aromatic carbocycles. The number of fused-ring (bicyclic) bond motifs is 1. The van der Waals surface area contributed by atoms with E-state index in [1.165, 1.54) is 24.0 Å². The van der Waals surface area contributed by atoms with E-state index >= 15 is 0 Å². The maximum absolute atomic E-state index is 14.0. The van der Waals surface area contributed by atoms with Crippen LogP contribution in [-0.4, -0.2) is 26.7 Å². The number of anilines is 1. The minimum atomic E-state index is -4.72. The molecule has 2 aromatic heterocycles. The second-order valence-electron chi connectivity index (χ2n) is 6.44. The number of methoxy groups -OCH3 is 1. The predicted molar refractivity (Wildman–Crippen MR) is 87.4 cm³/mol. The fourth-order valence-electron chi connectivity index (χ4n) is 3.07. The zero-order chi connectivity index (χ0) is 19.2. The lowest BCUT2D eigenvalue weighted by Crippen LogP contribution is -2.22. The predicted octanol–water partition coefficient (Wildman–Crippen LogP) is 3.53. The number of nitrogens with one attached hydrogen (secondary N) is 1. The molecule has 0 radical (unpaired) electrons. The Hall–Kier alpha value is -2.75. The van der Waals surface area contributed by atoms with Crippen LogP contribution in [0.15, 0.2) is 30.6 Å². The zero-order valence-electron chi connectivity index (χ0n) is 14.2. The van der Waals surface area contributed by atoms with Gasteiger partial charge in [0.15, 0.2) is 0 Å². The van der Waals surface area contributed by atoms with E-state index in [0.717, 1.165) is 12.1 Å². The summed E-state index contributed by atoms with van der Waals surface area (Å²) in [5.74, 6) is -0.363. The number of aromatic nitrogens is 4. The third-order valence-corrected chi connectivity index (χ3v) is 4.54. The van der Waals surface area contributed by atoms with Crippen molar-refractivity contribution in [3.63, 3.8) is 0 Å². The topological polar surface area (TPSA) is 64.3 Å². The Morgan fingerprint density at radius 2 is 2.04 bits per heavy atom. The molecule has 0 aliphatic heterocycles. The quantitative estimate of drug-likeness (QED) is 0.685. The molecule has 142 valence electrons. The molecule has 1 N–H and O–H groups in total. The van der Waals surface area contributed by atoms with Crippen molar-refractivity contribution >= 4 is 11.6 Å². The van der Waals surface area contributed by atoms with Gasteiger partial charge in [-0.25, -0.2) is 9.37 Å². The highest BCUT2D eigenvalue weighted by Gasteiger charge is 2.46. The fraction of sp³-hybridized carbons (Fsp3) is 0.353. The Balaban J connectivity index is 1.70. The lowest BCUT2D eigenvalue weighted by atomic mass is 10.0. The molecule has 1 fully saturated rings. The Morgan fingerprint density at radius 3 is 2.67 bits per heavy atom. The van der Waals surface area contributed by atoms with Crippen LogP contribution >= 0.6 is 0 Å². The van der Waals surface area contributed by atoms with Crippen molar-refractivity contribution in [3.8, 4) is 0 Å². The van der Waals surface area contributed by atoms with E-state index in [1.54, 1.807) is 6.07 Å². The van der Waals surface area contributed by atoms with E-state index in [9.17, 15) is 17.6 Å². The standard InChI is InChI=1S/C17H15F4N5O/c1-27-8-11-7-14(26-15(24-11)22-9-23-26)25-16(4-5-16)10-2-3-12(13(18)6-10)17(19,20)21/h2-3,6-7,9,25H,4-5,8H2,1H3. The molecule has 1 aliphatic rings. The van der Waals surface area contributed by atoms with Gasteiger partial charge in [0.25, 0.3) is 5.78 Å². The van der Waals surface area contributed by atoms with Crippen molar-refractivity contribution in [2.24, 2.45) is 0 Å². The summed E-state index contributed by atoms with van der Waals surface area (Å²) in [5.41, 5.74) is -0.858. The number of nitrogens with zero attached hydrogens (tertiary/aromatic N) is 4. The summed E-state index contributed by atoms with van der Waals surface area (Å²) in [4.78, 5) is 8.36. The number of ether oxygens (including phenoxy) is 1. The number of rotatable bonds is 5. The van der Waals surface area contributed by atoms with Gasteiger partial charge in [0, 0.05) is 13.2 Å². The van der Waals surface area contributed by atoms with Gasteiger partial charge in [-0.2, -0.15) is 27.8 Å². The first kappa shape index (κ1) is 17.7. The molecule has 0 bridgehead atoms. The van der Waals surface area contributed by atoms with Crippen LogP contribution in [0.4, 0.5) is 23.4 Å². The largest absolute Gasteiger partial charge is 0.419 e. The molecule has 27 heavy (non-hydrogen) atoms. The molecule has 2 heterocycles. The Bertz CT molecular complexity index is 997. The molecule has 0 atom stereocenters. The maximum atomic E-state index is 14.0. The van der Waals surface area contributed by atoms with Gasteiger partial charge in [-0.3, -0.25) is 0 Å². The van der Waals surface area contributed by atoms with E-state index in [4.69, 9.17) is 4.74 Å². The maximum Gasteiger partial charge on any atom is 0.419 e. The van der Waals surface area contributed by atoms with Gasteiger partial charge in [-0.15, -0.1) is 0 Å². The second kappa shape index (κ2) is 6.15. The van der Waals surface area contributed by atoms with E-state index in [1.807, 2.05) is 0 Å². The summed E-state index contributed by atoms with van der Waals surface area (Å²) in [6.45, 7) is 0.264. The van der Waals surface area contributed by atoms with Gasteiger partial charge in [0.2, 0.25) is 0 Å². The number of hydrogen-bond donors (Lipinski definition) is 1. The molecule has 0 unspecified atom stereocenters. The first-order valence-electron chi connectivity index (χ1n) is 8.16. The van der Waals surface area contributed by atoms with E-state index < -0.39 is 23.1 Å². The third-order valence-electron chi connectivity index (χ3n) is 4.54. The first-order valence-corrected chi connectivity index (χ1v) is 8.16. The van der Waals surface area contributed by atoms with Crippen LogP contribution in [0.1, 0.15) is 29.7 Å². The number of halogens is 4. The van der Waals surface area contributed by atoms with Crippen molar-refractivity contribution in [2.75, 3.05) is 12.4 Å². The van der Waals surface area contributed by atoms with Crippen molar-refractivity contribution in [2.45, 2.75) is 31.2 Å². The van der Waals surface area contributed by atoms with Gasteiger partial charge >= 0.3 is 6.18 Å². The zero-order valence-corrected chi connectivity index (χ0v) is 14.2. The fourth-order valence-corrected chi connectivity index (χ4v) is 3.07. The summed E-state index contributed by atoms with van der Waals surface area (Å²) in [6, 6.07) is 4.76. The Morgan fingerprint density at radius 1 is 1.26 bits per heavy atom. The van der Waals surface area contributed by atoms with Crippen molar-refractivity contribution < 1.29 is 22.3 Å². The average Bonchev–Trinajstić information content (AvgIpc) is 3.21. The lowest BCUT2D eigenvalue weighted by Gasteiger charge is -2.21. The van der Waals surface area contributed by atoms with E-state index in [2.05, 4.69) is 20.4 Å². The molecular weight excluding hydrogens is 366 g/mol. The van der Waals surface area contributed by atoms with Crippen LogP contribution in [0.3, 0.4) is 0 Å². The molecule has 0 saturated heterocycles. The third kappa shape index (κ3) is 3.20. The van der Waals surface area contributed by atoms with Crippen LogP contribution in [0, 0.1) is 5.82 Å². The first-order chi connectivity index (χ1) is 12.8. The summed E-state index contributed by atoms with van der Waals surface area (Å²) < 4.78 is 59.0. The summed E-state index contributed by atoms with van der Waals surface area (Å²) >= 11 is 0. The lowest BCUT2D eigenvalue weighted by molar-refractivity contribution is -0.140. The van der Waals surface area contributed by atoms with E-state index in [0.29, 0.717) is 35.7 Å². The van der Waals surface area contributed by atoms with Gasteiger partial charge < -0.3 is 10.1 Å². The average molecular weight is 381 g/mol. The Kier molecular flexibility index (Phi) is 4.02. The van der Waals surface area contributed by atoms with Crippen LogP contribution in [0.2, 0.25) is 0 Å². The normalized spacial score (nSPS) is 15.9. The monoisotopic (exact) mass is 381 g/mol. The Labute approximate surface area is 151 Å². The van der Waals surface area contributed by atoms with Crippen LogP contribution in [0.25, 0.3) is 5.78 Å². The molecule has 1 saturated carbocycles. The smallest absolute Gasteiger partial charge is 0.378 e. The highest BCUT2D eigenvalue weighted by Crippen LogP contribution is 2.49. The second-order valence-corrected chi connectivity index (χ2v) is 6.44. The highest BCUT2D eigenvalue weighted by atomic mass is 19.4. The van der Waals surface area contributed by atoms with Crippen LogP contribution < -0.4 is 5.32 Å². The summed E-state index contributed by atoms with van der Waals surface area (Å²) in [5, 5.41) is 7.38. The van der Waals surface area contributed by atoms with Crippen LogP contribution in [0.5, 0.6) is 0 Å². The highest BCUT2D eigenvalue weighted by molar-refractivity contribution is 5.51.